The molecule has 0 rings (SSSR count). The Morgan fingerprint density at radius 2 is 1.71 bits per heavy atom. The second kappa shape index (κ2) is 7.21. The van der Waals surface area contributed by atoms with E-state index in [1.807, 2.05) is 6.92 Å². The summed E-state index contributed by atoms with van der Waals surface area (Å²) in [6.45, 7) is 9.04. The van der Waals surface area contributed by atoms with Gasteiger partial charge < -0.3 is 16.2 Å². The van der Waals surface area contributed by atoms with Gasteiger partial charge in [0.25, 0.3) is 0 Å². The lowest BCUT2D eigenvalue weighted by molar-refractivity contribution is 0.0306. The van der Waals surface area contributed by atoms with Crippen molar-refractivity contribution < 1.29 is 4.74 Å². The molecule has 3 nitrogen and oxygen atoms in total. The van der Waals surface area contributed by atoms with Gasteiger partial charge in [-0.25, -0.2) is 0 Å². The molecule has 0 aromatic carbocycles. The van der Waals surface area contributed by atoms with Crippen LogP contribution >= 0.6 is 0 Å². The molecule has 0 aliphatic heterocycles. The van der Waals surface area contributed by atoms with Gasteiger partial charge in [-0.2, -0.15) is 0 Å². The average Bonchev–Trinajstić information content (AvgIpc) is 2.11. The van der Waals surface area contributed by atoms with Crippen LogP contribution in [0.1, 0.15) is 40.5 Å². The van der Waals surface area contributed by atoms with E-state index in [1.54, 1.807) is 0 Å². The smallest absolute Gasteiger partial charge is 0.0561 e. The van der Waals surface area contributed by atoms with E-state index < -0.39 is 0 Å². The van der Waals surface area contributed by atoms with Crippen LogP contribution in [0, 0.1) is 5.92 Å². The van der Waals surface area contributed by atoms with Crippen molar-refractivity contribution in [3.8, 4) is 0 Å². The zero-order valence-corrected chi connectivity index (χ0v) is 9.99. The molecule has 0 spiro atoms. The minimum atomic E-state index is 0.208. The highest BCUT2D eigenvalue weighted by Gasteiger charge is 2.13. The molecule has 4 unspecified atom stereocenters. The first-order chi connectivity index (χ1) is 6.47. The first kappa shape index (κ1) is 13.9. The molecule has 86 valence electrons. The van der Waals surface area contributed by atoms with Gasteiger partial charge in [0.15, 0.2) is 0 Å². The Bertz CT molecular complexity index is 139. The van der Waals surface area contributed by atoms with E-state index in [-0.39, 0.29) is 18.2 Å². The second-order valence-electron chi connectivity index (χ2n) is 4.41. The molecule has 0 aliphatic carbocycles. The molecule has 0 amide bonds. The topological polar surface area (TPSA) is 61.3 Å². The highest BCUT2D eigenvalue weighted by atomic mass is 16.5. The zero-order chi connectivity index (χ0) is 11.1. The minimum Gasteiger partial charge on any atom is -0.378 e. The molecule has 14 heavy (non-hydrogen) atoms. The van der Waals surface area contributed by atoms with Gasteiger partial charge >= 0.3 is 0 Å². The molecule has 3 heteroatoms. The maximum atomic E-state index is 5.90. The molecule has 0 radical (unpaired) electrons. The van der Waals surface area contributed by atoms with Crippen molar-refractivity contribution in [1.29, 1.82) is 0 Å². The van der Waals surface area contributed by atoms with Gasteiger partial charge in [0.05, 0.1) is 12.7 Å². The number of ether oxygens (including phenoxy) is 1. The van der Waals surface area contributed by atoms with Crippen molar-refractivity contribution in [2.45, 2.75) is 58.7 Å². The van der Waals surface area contributed by atoms with E-state index >= 15 is 0 Å². The number of hydrogen-bond acceptors (Lipinski definition) is 3. The highest BCUT2D eigenvalue weighted by Crippen LogP contribution is 2.08. The zero-order valence-electron chi connectivity index (χ0n) is 9.99. The van der Waals surface area contributed by atoms with Crippen LogP contribution in [0.25, 0.3) is 0 Å². The predicted octanol–water partition coefficient (Wildman–Crippen LogP) is 1.50. The summed E-state index contributed by atoms with van der Waals surface area (Å²) < 4.78 is 5.68. The van der Waals surface area contributed by atoms with Crippen molar-refractivity contribution >= 4 is 0 Å². The standard InChI is InChI=1S/C11H26N2O/c1-5-11(13)8(2)7-14-10(4)6-9(3)12/h8-11H,5-7,12-13H2,1-4H3. The number of hydrogen-bond donors (Lipinski definition) is 2. The van der Waals surface area contributed by atoms with Gasteiger partial charge in [-0.1, -0.05) is 13.8 Å². The van der Waals surface area contributed by atoms with Gasteiger partial charge in [0, 0.05) is 12.1 Å². The Kier molecular flexibility index (Phi) is 7.15. The highest BCUT2D eigenvalue weighted by molar-refractivity contribution is 4.68. The number of rotatable bonds is 7. The third-order valence-electron chi connectivity index (χ3n) is 2.55. The molecule has 0 heterocycles. The maximum Gasteiger partial charge on any atom is 0.0561 e. The quantitative estimate of drug-likeness (QED) is 0.657. The molecule has 4 atom stereocenters. The van der Waals surface area contributed by atoms with Crippen molar-refractivity contribution in [3.63, 3.8) is 0 Å². The van der Waals surface area contributed by atoms with Crippen LogP contribution in [0.4, 0.5) is 0 Å². The first-order valence-corrected chi connectivity index (χ1v) is 5.60. The van der Waals surface area contributed by atoms with E-state index in [0.29, 0.717) is 5.92 Å². The summed E-state index contributed by atoms with van der Waals surface area (Å²) in [5.74, 6) is 0.426. The Morgan fingerprint density at radius 3 is 2.14 bits per heavy atom. The fraction of sp³-hybridized carbons (Fsp3) is 1.00. The van der Waals surface area contributed by atoms with Crippen LogP contribution < -0.4 is 11.5 Å². The van der Waals surface area contributed by atoms with E-state index in [2.05, 4.69) is 20.8 Å². The minimum absolute atomic E-state index is 0.208. The van der Waals surface area contributed by atoms with Gasteiger partial charge in [-0.15, -0.1) is 0 Å². The summed E-state index contributed by atoms with van der Waals surface area (Å²) in [6, 6.07) is 0.456. The average molecular weight is 202 g/mol. The van der Waals surface area contributed by atoms with E-state index in [0.717, 1.165) is 19.4 Å². The second-order valence-corrected chi connectivity index (χ2v) is 4.41. The molecular formula is C11H26N2O. The van der Waals surface area contributed by atoms with Gasteiger partial charge in [-0.3, -0.25) is 0 Å². The summed E-state index contributed by atoms with van der Waals surface area (Å²) >= 11 is 0. The van der Waals surface area contributed by atoms with Crippen molar-refractivity contribution in [3.05, 3.63) is 0 Å². The fourth-order valence-electron chi connectivity index (χ4n) is 1.43. The third kappa shape index (κ3) is 6.35. The fourth-order valence-corrected chi connectivity index (χ4v) is 1.43. The summed E-state index contributed by atoms with van der Waals surface area (Å²) in [4.78, 5) is 0. The molecular weight excluding hydrogens is 176 g/mol. The summed E-state index contributed by atoms with van der Waals surface area (Å²) in [5.41, 5.74) is 11.6. The summed E-state index contributed by atoms with van der Waals surface area (Å²) in [7, 11) is 0. The lowest BCUT2D eigenvalue weighted by Gasteiger charge is -2.21. The molecule has 0 aromatic heterocycles. The first-order valence-electron chi connectivity index (χ1n) is 5.60. The van der Waals surface area contributed by atoms with Crippen molar-refractivity contribution in [2.75, 3.05) is 6.61 Å². The van der Waals surface area contributed by atoms with Gasteiger partial charge in [0.1, 0.15) is 0 Å². The lowest BCUT2D eigenvalue weighted by Crippen LogP contribution is -2.32. The molecule has 0 fully saturated rings. The lowest BCUT2D eigenvalue weighted by atomic mass is 10.0. The van der Waals surface area contributed by atoms with Crippen LogP contribution in [0.2, 0.25) is 0 Å². The molecule has 0 saturated carbocycles. The SMILES string of the molecule is CCC(N)C(C)COC(C)CC(C)N. The Morgan fingerprint density at radius 1 is 1.14 bits per heavy atom. The van der Waals surface area contributed by atoms with Crippen molar-refractivity contribution in [2.24, 2.45) is 17.4 Å². The normalized spacial score (nSPS) is 20.1. The molecule has 0 saturated heterocycles. The van der Waals surface area contributed by atoms with E-state index in [1.165, 1.54) is 0 Å². The largest absolute Gasteiger partial charge is 0.378 e. The van der Waals surface area contributed by atoms with Crippen LogP contribution in [0.15, 0.2) is 0 Å². The predicted molar refractivity (Wildman–Crippen MR) is 61.1 cm³/mol. The third-order valence-corrected chi connectivity index (χ3v) is 2.55. The van der Waals surface area contributed by atoms with Crippen LogP contribution in [-0.2, 0) is 4.74 Å². The van der Waals surface area contributed by atoms with Crippen molar-refractivity contribution in [1.82, 2.24) is 0 Å². The van der Waals surface area contributed by atoms with E-state index in [4.69, 9.17) is 16.2 Å². The maximum absolute atomic E-state index is 5.90. The molecule has 0 aliphatic rings. The Balaban J connectivity index is 3.60. The molecule has 4 N–H and O–H groups in total. The Hall–Kier alpha value is -0.120. The Labute approximate surface area is 88.2 Å². The monoisotopic (exact) mass is 202 g/mol. The van der Waals surface area contributed by atoms with Crippen LogP contribution in [0.3, 0.4) is 0 Å². The van der Waals surface area contributed by atoms with Crippen LogP contribution in [0.5, 0.6) is 0 Å². The molecule has 0 bridgehead atoms. The van der Waals surface area contributed by atoms with E-state index in [9.17, 15) is 0 Å². The van der Waals surface area contributed by atoms with Gasteiger partial charge in [-0.05, 0) is 32.6 Å². The summed E-state index contributed by atoms with van der Waals surface area (Å²) in [5, 5.41) is 0. The van der Waals surface area contributed by atoms with Gasteiger partial charge in [0.2, 0.25) is 0 Å². The number of nitrogens with two attached hydrogens (primary N) is 2. The molecule has 0 aromatic rings. The van der Waals surface area contributed by atoms with Crippen LogP contribution in [-0.4, -0.2) is 24.8 Å². The summed E-state index contributed by atoms with van der Waals surface area (Å²) in [6.07, 6.45) is 2.15.